The molecule has 0 saturated carbocycles. The first-order chi connectivity index (χ1) is 13.5. The SMILES string of the molecule is CSN1C=NC2=C(CNC(c3cc(-c4ncc(C)cc4C)c(Cl)cn3)C2=O)C1. The maximum Gasteiger partial charge on any atom is 0.204 e. The molecule has 144 valence electrons. The standard InChI is InChI=1S/C20H20ClN5OS/c1-11-4-12(2)17(23-6-11)14-5-16(22-8-15(14)21)19-20(27)18-13(7-24-19)9-26(28-3)10-25-18/h4-6,8,10,19,24H,7,9H2,1-3H3. The van der Waals surface area contributed by atoms with E-state index in [9.17, 15) is 4.79 Å². The molecule has 4 rings (SSSR count). The molecule has 2 aromatic heterocycles. The van der Waals surface area contributed by atoms with E-state index in [1.807, 2.05) is 36.7 Å². The third-order valence-electron chi connectivity index (χ3n) is 4.89. The molecule has 6 nitrogen and oxygen atoms in total. The fraction of sp³-hybridized carbons (Fsp3) is 0.300. The highest BCUT2D eigenvalue weighted by molar-refractivity contribution is 7.96. The van der Waals surface area contributed by atoms with Crippen molar-refractivity contribution in [1.82, 2.24) is 19.6 Å². The van der Waals surface area contributed by atoms with Crippen LogP contribution in [0.15, 0.2) is 40.8 Å². The Labute approximate surface area is 173 Å². The third-order valence-corrected chi connectivity index (χ3v) is 5.88. The Kier molecular flexibility index (Phi) is 5.23. The number of carbonyl (C=O) groups is 1. The van der Waals surface area contributed by atoms with Gasteiger partial charge in [-0.2, -0.15) is 0 Å². The fourth-order valence-electron chi connectivity index (χ4n) is 3.49. The molecule has 0 saturated heterocycles. The fourth-order valence-corrected chi connectivity index (χ4v) is 4.11. The van der Waals surface area contributed by atoms with E-state index in [-0.39, 0.29) is 5.78 Å². The number of rotatable bonds is 3. The van der Waals surface area contributed by atoms with Gasteiger partial charge in [-0.1, -0.05) is 29.6 Å². The lowest BCUT2D eigenvalue weighted by atomic mass is 9.95. The minimum absolute atomic E-state index is 0.0624. The van der Waals surface area contributed by atoms with Crippen molar-refractivity contribution in [2.45, 2.75) is 19.9 Å². The van der Waals surface area contributed by atoms with Crippen molar-refractivity contribution < 1.29 is 4.79 Å². The van der Waals surface area contributed by atoms with Crippen LogP contribution >= 0.6 is 23.5 Å². The lowest BCUT2D eigenvalue weighted by Crippen LogP contribution is -2.41. The molecular formula is C20H20ClN5OS. The minimum atomic E-state index is -0.543. The van der Waals surface area contributed by atoms with Crippen LogP contribution in [0, 0.1) is 13.8 Å². The van der Waals surface area contributed by atoms with Crippen LogP contribution in [0.4, 0.5) is 0 Å². The zero-order valence-corrected chi connectivity index (χ0v) is 17.4. The zero-order chi connectivity index (χ0) is 19.8. The number of Topliss-reactive ketones (excluding diaryl/α,β-unsaturated/α-hetero) is 1. The predicted octanol–water partition coefficient (Wildman–Crippen LogP) is 3.50. The summed E-state index contributed by atoms with van der Waals surface area (Å²) in [6, 6.07) is 3.38. The van der Waals surface area contributed by atoms with Gasteiger partial charge in [-0.3, -0.25) is 20.1 Å². The van der Waals surface area contributed by atoms with E-state index in [1.54, 1.807) is 24.5 Å². The number of hydrogen-bond acceptors (Lipinski definition) is 7. The van der Waals surface area contributed by atoms with Gasteiger partial charge in [0.1, 0.15) is 18.1 Å². The molecule has 0 bridgehead atoms. The summed E-state index contributed by atoms with van der Waals surface area (Å²) in [5.74, 6) is -0.0624. The van der Waals surface area contributed by atoms with Gasteiger partial charge in [-0.25, -0.2) is 4.99 Å². The van der Waals surface area contributed by atoms with Crippen LogP contribution in [0.5, 0.6) is 0 Å². The van der Waals surface area contributed by atoms with Crippen molar-refractivity contribution in [2.24, 2.45) is 4.99 Å². The minimum Gasteiger partial charge on any atom is -0.303 e. The van der Waals surface area contributed by atoms with Gasteiger partial charge in [-0.15, -0.1) is 0 Å². The quantitative estimate of drug-likeness (QED) is 0.776. The number of halogens is 1. The second-order valence-corrected chi connectivity index (χ2v) is 8.14. The van der Waals surface area contributed by atoms with Crippen LogP contribution in [0.25, 0.3) is 11.3 Å². The first-order valence-electron chi connectivity index (χ1n) is 8.91. The Morgan fingerprint density at radius 3 is 2.82 bits per heavy atom. The number of ketones is 1. The number of nitrogens with one attached hydrogen (secondary N) is 1. The van der Waals surface area contributed by atoms with E-state index in [2.05, 4.69) is 26.3 Å². The molecule has 0 fully saturated rings. The second kappa shape index (κ2) is 7.66. The lowest BCUT2D eigenvalue weighted by Gasteiger charge is -2.30. The summed E-state index contributed by atoms with van der Waals surface area (Å²) in [5, 5.41) is 3.82. The molecule has 0 aromatic carbocycles. The molecule has 8 heteroatoms. The van der Waals surface area contributed by atoms with E-state index >= 15 is 0 Å². The molecule has 2 aliphatic heterocycles. The first-order valence-corrected chi connectivity index (χ1v) is 10.5. The van der Waals surface area contributed by atoms with E-state index in [0.29, 0.717) is 29.5 Å². The lowest BCUT2D eigenvalue weighted by molar-refractivity contribution is -0.118. The Balaban J connectivity index is 1.69. The van der Waals surface area contributed by atoms with Crippen molar-refractivity contribution in [2.75, 3.05) is 19.3 Å². The largest absolute Gasteiger partial charge is 0.303 e. The highest BCUT2D eigenvalue weighted by atomic mass is 35.5. The molecule has 0 amide bonds. The van der Waals surface area contributed by atoms with Crippen LogP contribution in [-0.4, -0.2) is 45.7 Å². The summed E-state index contributed by atoms with van der Waals surface area (Å²) >= 11 is 7.99. The topological polar surface area (TPSA) is 70.5 Å². The van der Waals surface area contributed by atoms with Crippen LogP contribution in [0.2, 0.25) is 5.02 Å². The van der Waals surface area contributed by atoms with Crippen LogP contribution in [0.1, 0.15) is 22.9 Å². The van der Waals surface area contributed by atoms with Crippen LogP contribution in [-0.2, 0) is 4.79 Å². The molecule has 28 heavy (non-hydrogen) atoms. The number of nitrogens with zero attached hydrogens (tertiary/aromatic N) is 4. The second-order valence-electron chi connectivity index (χ2n) is 6.90. The Bertz CT molecular complexity index is 1020. The molecule has 0 aliphatic carbocycles. The summed E-state index contributed by atoms with van der Waals surface area (Å²) in [4.78, 5) is 26.4. The molecule has 0 radical (unpaired) electrons. The zero-order valence-electron chi connectivity index (χ0n) is 15.9. The van der Waals surface area contributed by atoms with Crippen molar-refractivity contribution in [3.8, 4) is 11.3 Å². The molecule has 0 spiro atoms. The summed E-state index contributed by atoms with van der Waals surface area (Å²) in [6.07, 6.45) is 7.10. The Morgan fingerprint density at radius 2 is 2.07 bits per heavy atom. The maximum absolute atomic E-state index is 13.1. The number of aromatic nitrogens is 2. The molecule has 1 atom stereocenters. The van der Waals surface area contributed by atoms with Gasteiger partial charge >= 0.3 is 0 Å². The average Bonchev–Trinajstić information content (AvgIpc) is 2.69. The van der Waals surface area contributed by atoms with E-state index in [0.717, 1.165) is 28.0 Å². The first kappa shape index (κ1) is 19.1. The highest BCUT2D eigenvalue weighted by Gasteiger charge is 2.33. The van der Waals surface area contributed by atoms with Gasteiger partial charge < -0.3 is 4.31 Å². The van der Waals surface area contributed by atoms with E-state index in [1.165, 1.54) is 0 Å². The predicted molar refractivity (Wildman–Crippen MR) is 113 cm³/mol. The van der Waals surface area contributed by atoms with Gasteiger partial charge in [0.05, 0.1) is 23.0 Å². The van der Waals surface area contributed by atoms with E-state index < -0.39 is 6.04 Å². The number of pyridine rings is 2. The number of carbonyl (C=O) groups excluding carboxylic acids is 1. The molecule has 1 N–H and O–H groups in total. The summed E-state index contributed by atoms with van der Waals surface area (Å²) in [6.45, 7) is 5.29. The monoisotopic (exact) mass is 413 g/mol. The Hall–Kier alpha value is -2.22. The number of aliphatic imine (C=N–C) groups is 1. The van der Waals surface area contributed by atoms with Crippen molar-refractivity contribution >= 4 is 35.7 Å². The van der Waals surface area contributed by atoms with Crippen molar-refractivity contribution in [3.05, 3.63) is 57.6 Å². The van der Waals surface area contributed by atoms with Crippen molar-refractivity contribution in [1.29, 1.82) is 0 Å². The smallest absolute Gasteiger partial charge is 0.204 e. The normalized spacial score (nSPS) is 19.2. The molecule has 1 unspecified atom stereocenters. The Morgan fingerprint density at radius 1 is 1.25 bits per heavy atom. The van der Waals surface area contributed by atoms with Crippen molar-refractivity contribution in [3.63, 3.8) is 0 Å². The maximum atomic E-state index is 13.1. The van der Waals surface area contributed by atoms with Gasteiger partial charge in [0.25, 0.3) is 0 Å². The molecule has 2 aromatic rings. The van der Waals surface area contributed by atoms with Crippen LogP contribution in [0.3, 0.4) is 0 Å². The number of aryl methyl sites for hydroxylation is 2. The third kappa shape index (κ3) is 3.45. The van der Waals surface area contributed by atoms with Gasteiger partial charge in [0.2, 0.25) is 5.78 Å². The van der Waals surface area contributed by atoms with Gasteiger partial charge in [-0.05, 0) is 36.6 Å². The average molecular weight is 414 g/mol. The van der Waals surface area contributed by atoms with Crippen LogP contribution < -0.4 is 5.32 Å². The summed E-state index contributed by atoms with van der Waals surface area (Å²) in [5.41, 5.74) is 5.86. The van der Waals surface area contributed by atoms with Gasteiger partial charge in [0, 0.05) is 30.8 Å². The van der Waals surface area contributed by atoms with Gasteiger partial charge in [0.15, 0.2) is 0 Å². The van der Waals surface area contributed by atoms with E-state index in [4.69, 9.17) is 11.6 Å². The number of hydrogen-bond donors (Lipinski definition) is 1. The highest BCUT2D eigenvalue weighted by Crippen LogP contribution is 2.33. The summed E-state index contributed by atoms with van der Waals surface area (Å²) in [7, 11) is 0. The summed E-state index contributed by atoms with van der Waals surface area (Å²) < 4.78 is 2.00. The molecule has 2 aliphatic rings. The molecule has 4 heterocycles. The molecular weight excluding hydrogens is 394 g/mol.